The van der Waals surface area contributed by atoms with Gasteiger partial charge in [-0.15, -0.1) is 11.6 Å². The Morgan fingerprint density at radius 3 is 2.43 bits per heavy atom. The predicted octanol–water partition coefficient (Wildman–Crippen LogP) is 4.66. The zero-order valence-electron chi connectivity index (χ0n) is 11.4. The van der Waals surface area contributed by atoms with Gasteiger partial charge in [0.1, 0.15) is 17.5 Å². The fraction of sp³-hybridized carbons (Fsp3) is 0.188. The van der Waals surface area contributed by atoms with Crippen molar-refractivity contribution in [3.8, 4) is 0 Å². The molecule has 108 valence electrons. The molecule has 1 atom stereocenters. The number of imidazole rings is 1. The molecule has 21 heavy (non-hydrogen) atoms. The van der Waals surface area contributed by atoms with Crippen LogP contribution in [0.5, 0.6) is 0 Å². The van der Waals surface area contributed by atoms with Gasteiger partial charge in [0.05, 0.1) is 16.4 Å². The normalized spacial score (nSPS) is 12.8. The number of hydrogen-bond donors (Lipinski definition) is 0. The molecular weight excluding hydrogens is 294 g/mol. The molecule has 0 fully saturated rings. The number of fused-ring (bicyclic) bond motifs is 1. The molecule has 0 aliphatic rings. The molecule has 0 aliphatic heterocycles. The molecule has 1 unspecified atom stereocenters. The topological polar surface area (TPSA) is 17.8 Å². The molecule has 0 radical (unpaired) electrons. The lowest BCUT2D eigenvalue weighted by atomic mass is 10.2. The Kier molecular flexibility index (Phi) is 3.64. The minimum atomic E-state index is -0.331. The van der Waals surface area contributed by atoms with Crippen LogP contribution in [-0.2, 0) is 6.54 Å². The largest absolute Gasteiger partial charge is 0.322 e. The minimum Gasteiger partial charge on any atom is -0.322 e. The second kappa shape index (κ2) is 5.45. The number of hydrogen-bond acceptors (Lipinski definition) is 1. The number of nitrogens with zero attached hydrogens (tertiary/aromatic N) is 2. The van der Waals surface area contributed by atoms with Gasteiger partial charge in [-0.2, -0.15) is 0 Å². The highest BCUT2D eigenvalue weighted by Gasteiger charge is 2.15. The zero-order chi connectivity index (χ0) is 15.0. The van der Waals surface area contributed by atoms with Gasteiger partial charge in [0.2, 0.25) is 0 Å². The molecule has 2 aromatic carbocycles. The van der Waals surface area contributed by atoms with Gasteiger partial charge in [-0.1, -0.05) is 12.1 Å². The lowest BCUT2D eigenvalue weighted by molar-refractivity contribution is 0.626. The van der Waals surface area contributed by atoms with Crippen molar-refractivity contribution >= 4 is 22.6 Å². The molecule has 0 saturated heterocycles. The average molecular weight is 307 g/mol. The third-order valence-electron chi connectivity index (χ3n) is 3.35. The van der Waals surface area contributed by atoms with Gasteiger partial charge in [0, 0.05) is 12.6 Å². The van der Waals surface area contributed by atoms with E-state index in [1.54, 1.807) is 18.2 Å². The SMILES string of the molecule is CC(Cl)c1nc2cc(F)ccc2n1Cc1ccc(F)cc1. The summed E-state index contributed by atoms with van der Waals surface area (Å²) in [6, 6.07) is 10.7. The molecule has 1 heterocycles. The maximum absolute atomic E-state index is 13.3. The number of benzene rings is 2. The molecule has 0 aliphatic carbocycles. The van der Waals surface area contributed by atoms with Crippen LogP contribution in [-0.4, -0.2) is 9.55 Å². The fourth-order valence-corrected chi connectivity index (χ4v) is 2.53. The van der Waals surface area contributed by atoms with E-state index in [-0.39, 0.29) is 17.0 Å². The second-order valence-electron chi connectivity index (χ2n) is 4.93. The summed E-state index contributed by atoms with van der Waals surface area (Å²) >= 11 is 6.17. The second-order valence-corrected chi connectivity index (χ2v) is 5.59. The van der Waals surface area contributed by atoms with Gasteiger partial charge in [0.25, 0.3) is 0 Å². The molecule has 0 bridgehead atoms. The Hall–Kier alpha value is -1.94. The summed E-state index contributed by atoms with van der Waals surface area (Å²) in [5.74, 6) is 0.0616. The molecule has 0 amide bonds. The first kappa shape index (κ1) is 14.0. The molecule has 0 saturated carbocycles. The van der Waals surface area contributed by atoms with Crippen LogP contribution in [0.1, 0.15) is 23.7 Å². The van der Waals surface area contributed by atoms with Crippen molar-refractivity contribution in [2.75, 3.05) is 0 Å². The highest BCUT2D eigenvalue weighted by Crippen LogP contribution is 2.26. The highest BCUT2D eigenvalue weighted by atomic mass is 35.5. The van der Waals surface area contributed by atoms with Crippen molar-refractivity contribution in [3.05, 3.63) is 65.5 Å². The molecule has 1 aromatic heterocycles. The Labute approximate surface area is 126 Å². The Morgan fingerprint density at radius 2 is 1.76 bits per heavy atom. The third kappa shape index (κ3) is 2.76. The summed E-state index contributed by atoms with van der Waals surface area (Å²) in [5, 5.41) is -0.305. The van der Waals surface area contributed by atoms with E-state index >= 15 is 0 Å². The Balaban J connectivity index is 2.10. The van der Waals surface area contributed by atoms with Gasteiger partial charge < -0.3 is 4.57 Å². The van der Waals surface area contributed by atoms with Crippen LogP contribution in [0.4, 0.5) is 8.78 Å². The maximum atomic E-state index is 13.3. The zero-order valence-corrected chi connectivity index (χ0v) is 12.1. The van der Waals surface area contributed by atoms with Crippen molar-refractivity contribution in [1.29, 1.82) is 0 Å². The number of rotatable bonds is 3. The van der Waals surface area contributed by atoms with Crippen molar-refractivity contribution in [3.63, 3.8) is 0 Å². The van der Waals surface area contributed by atoms with Crippen LogP contribution >= 0.6 is 11.6 Å². The van der Waals surface area contributed by atoms with E-state index in [2.05, 4.69) is 4.98 Å². The monoisotopic (exact) mass is 306 g/mol. The summed E-state index contributed by atoms with van der Waals surface area (Å²) in [4.78, 5) is 4.40. The van der Waals surface area contributed by atoms with Crippen LogP contribution in [0.2, 0.25) is 0 Å². The molecule has 0 N–H and O–H groups in total. The Morgan fingerprint density at radius 1 is 1.10 bits per heavy atom. The standard InChI is InChI=1S/C16H13ClF2N2/c1-10(17)16-20-14-8-13(19)6-7-15(14)21(16)9-11-2-4-12(18)5-3-11/h2-8,10H,9H2,1H3. The van der Waals surface area contributed by atoms with Crippen molar-refractivity contribution in [1.82, 2.24) is 9.55 Å². The smallest absolute Gasteiger partial charge is 0.128 e. The predicted molar refractivity (Wildman–Crippen MR) is 79.5 cm³/mol. The number of halogens is 3. The van der Waals surface area contributed by atoms with Crippen LogP contribution < -0.4 is 0 Å². The summed E-state index contributed by atoms with van der Waals surface area (Å²) in [7, 11) is 0. The first-order valence-corrected chi connectivity index (χ1v) is 7.02. The lowest BCUT2D eigenvalue weighted by Crippen LogP contribution is -2.05. The van der Waals surface area contributed by atoms with E-state index < -0.39 is 0 Å². The maximum Gasteiger partial charge on any atom is 0.128 e. The molecule has 2 nitrogen and oxygen atoms in total. The van der Waals surface area contributed by atoms with Gasteiger partial charge in [0.15, 0.2) is 0 Å². The van der Waals surface area contributed by atoms with Gasteiger partial charge in [-0.05, 0) is 36.8 Å². The van der Waals surface area contributed by atoms with Crippen LogP contribution in [0.25, 0.3) is 11.0 Å². The molecular formula is C16H13ClF2N2. The summed E-state index contributed by atoms with van der Waals surface area (Å²) in [5.41, 5.74) is 2.31. The van der Waals surface area contributed by atoms with Crippen molar-refractivity contribution < 1.29 is 8.78 Å². The van der Waals surface area contributed by atoms with E-state index in [0.717, 1.165) is 11.1 Å². The van der Waals surface area contributed by atoms with E-state index in [0.29, 0.717) is 17.9 Å². The van der Waals surface area contributed by atoms with Crippen LogP contribution in [0, 0.1) is 11.6 Å². The number of aromatic nitrogens is 2. The highest BCUT2D eigenvalue weighted by molar-refractivity contribution is 6.20. The van der Waals surface area contributed by atoms with Gasteiger partial charge in [-0.25, -0.2) is 13.8 Å². The average Bonchev–Trinajstić information content (AvgIpc) is 2.79. The first-order valence-electron chi connectivity index (χ1n) is 6.59. The van der Waals surface area contributed by atoms with Crippen molar-refractivity contribution in [2.24, 2.45) is 0 Å². The van der Waals surface area contributed by atoms with Crippen LogP contribution in [0.3, 0.4) is 0 Å². The van der Waals surface area contributed by atoms with Gasteiger partial charge in [-0.3, -0.25) is 0 Å². The molecule has 3 rings (SSSR count). The summed E-state index contributed by atoms with van der Waals surface area (Å²) in [6.45, 7) is 2.33. The van der Waals surface area contributed by atoms with E-state index in [1.165, 1.54) is 24.3 Å². The molecule has 5 heteroatoms. The minimum absolute atomic E-state index is 0.276. The summed E-state index contributed by atoms with van der Waals surface area (Å²) < 4.78 is 28.2. The lowest BCUT2D eigenvalue weighted by Gasteiger charge is -2.10. The van der Waals surface area contributed by atoms with Crippen molar-refractivity contribution in [2.45, 2.75) is 18.8 Å². The van der Waals surface area contributed by atoms with Gasteiger partial charge >= 0.3 is 0 Å². The van der Waals surface area contributed by atoms with E-state index in [4.69, 9.17) is 11.6 Å². The van der Waals surface area contributed by atoms with Crippen LogP contribution in [0.15, 0.2) is 42.5 Å². The molecule has 3 aromatic rings. The number of alkyl halides is 1. The first-order chi connectivity index (χ1) is 10.0. The fourth-order valence-electron chi connectivity index (χ4n) is 2.36. The quantitative estimate of drug-likeness (QED) is 0.643. The van der Waals surface area contributed by atoms with E-state index in [1.807, 2.05) is 11.5 Å². The third-order valence-corrected chi connectivity index (χ3v) is 3.54. The molecule has 0 spiro atoms. The Bertz CT molecular complexity index is 779. The van der Waals surface area contributed by atoms with E-state index in [9.17, 15) is 8.78 Å². The summed E-state index contributed by atoms with van der Waals surface area (Å²) in [6.07, 6.45) is 0.